The molecule has 0 aliphatic rings. The van der Waals surface area contributed by atoms with E-state index in [1.807, 2.05) is 18.2 Å². The maximum atomic E-state index is 12.2. The van der Waals surface area contributed by atoms with E-state index in [0.29, 0.717) is 35.2 Å². The fraction of sp³-hybridized carbons (Fsp3) is 0.273. The summed E-state index contributed by atoms with van der Waals surface area (Å²) in [7, 11) is 3.14. The van der Waals surface area contributed by atoms with Crippen LogP contribution in [0.2, 0.25) is 5.02 Å². The molecule has 1 unspecified atom stereocenters. The maximum absolute atomic E-state index is 12.2. The minimum Gasteiger partial charge on any atom is -0.493 e. The molecule has 9 heteroatoms. The molecule has 0 fully saturated rings. The first kappa shape index (κ1) is 22.5. The number of aliphatic hydroxyl groups excluding tert-OH is 1. The molecule has 0 aliphatic heterocycles. The van der Waals surface area contributed by atoms with Gasteiger partial charge in [-0.15, -0.1) is 0 Å². The molecule has 0 aliphatic carbocycles. The first-order chi connectivity index (χ1) is 15.0. The molecule has 3 aromatic rings. The van der Waals surface area contributed by atoms with Crippen LogP contribution in [-0.4, -0.2) is 36.1 Å². The van der Waals surface area contributed by atoms with Crippen molar-refractivity contribution in [2.75, 3.05) is 26.1 Å². The minimum atomic E-state index is -0.735. The van der Waals surface area contributed by atoms with Crippen molar-refractivity contribution < 1.29 is 19.3 Å². The summed E-state index contributed by atoms with van der Waals surface area (Å²) in [6.45, 7) is 0.553. The molecule has 31 heavy (non-hydrogen) atoms. The first-order valence-corrected chi connectivity index (χ1v) is 9.98. The molecule has 0 spiro atoms. The zero-order chi connectivity index (χ0) is 22.2. The van der Waals surface area contributed by atoms with E-state index in [2.05, 4.69) is 15.5 Å². The Bertz CT molecular complexity index is 1060. The average Bonchev–Trinajstić information content (AvgIpc) is 2.79. The molecule has 3 rings (SSSR count). The lowest BCUT2D eigenvalue weighted by molar-refractivity contribution is 0.140. The van der Waals surface area contributed by atoms with Crippen molar-refractivity contribution >= 4 is 17.3 Å². The molecule has 164 valence electrons. The molecule has 0 radical (unpaired) electrons. The third kappa shape index (κ3) is 5.90. The fourth-order valence-electron chi connectivity index (χ4n) is 2.97. The highest BCUT2D eigenvalue weighted by Gasteiger charge is 2.13. The molecular weight excluding hydrogens is 422 g/mol. The van der Waals surface area contributed by atoms with Gasteiger partial charge in [-0.3, -0.25) is 4.79 Å². The topological polar surface area (TPSA) is 106 Å². The summed E-state index contributed by atoms with van der Waals surface area (Å²) in [4.78, 5) is 12.2. The van der Waals surface area contributed by atoms with E-state index < -0.39 is 11.7 Å². The number of hydrogen-bond acceptors (Lipinski definition) is 7. The van der Waals surface area contributed by atoms with Crippen molar-refractivity contribution in [3.05, 3.63) is 75.2 Å². The molecule has 1 aromatic heterocycles. The number of anilines is 1. The molecule has 8 nitrogen and oxygen atoms in total. The Balaban J connectivity index is 1.63. The van der Waals surface area contributed by atoms with Crippen LogP contribution in [0.4, 0.5) is 5.69 Å². The number of hydrogen-bond donors (Lipinski definition) is 3. The molecule has 1 heterocycles. The smallest absolute Gasteiger partial charge is 0.308 e. The Morgan fingerprint density at radius 1 is 1.13 bits per heavy atom. The van der Waals surface area contributed by atoms with E-state index in [0.717, 1.165) is 11.1 Å². The molecule has 0 saturated heterocycles. The van der Waals surface area contributed by atoms with Crippen molar-refractivity contribution in [3.8, 4) is 17.2 Å². The number of rotatable bonds is 10. The van der Waals surface area contributed by atoms with Crippen LogP contribution >= 0.6 is 11.6 Å². The summed E-state index contributed by atoms with van der Waals surface area (Å²) in [6.07, 6.45) is 1.05. The maximum Gasteiger partial charge on any atom is 0.308 e. The van der Waals surface area contributed by atoms with Gasteiger partial charge >= 0.3 is 5.56 Å². The summed E-state index contributed by atoms with van der Waals surface area (Å²) in [5.41, 5.74) is 1.63. The number of methoxy groups -OCH3 is 2. The van der Waals surface area contributed by atoms with E-state index in [1.54, 1.807) is 38.5 Å². The number of halogens is 1. The number of aromatic nitrogens is 2. The highest BCUT2D eigenvalue weighted by Crippen LogP contribution is 2.28. The van der Waals surface area contributed by atoms with Crippen LogP contribution in [0.1, 0.15) is 23.7 Å². The zero-order valence-electron chi connectivity index (χ0n) is 17.2. The normalized spacial score (nSPS) is 11.6. The monoisotopic (exact) mass is 445 g/mol. The second kappa shape index (κ2) is 10.7. The Morgan fingerprint density at radius 3 is 2.58 bits per heavy atom. The van der Waals surface area contributed by atoms with Gasteiger partial charge in [-0.2, -0.15) is 5.10 Å². The van der Waals surface area contributed by atoms with E-state index >= 15 is 0 Å². The summed E-state index contributed by atoms with van der Waals surface area (Å²) in [5, 5.41) is 20.3. The Hall–Kier alpha value is -3.23. The van der Waals surface area contributed by atoms with E-state index in [9.17, 15) is 9.90 Å². The number of nitrogens with one attached hydrogen (secondary N) is 2. The number of aliphatic hydroxyl groups is 1. The van der Waals surface area contributed by atoms with Gasteiger partial charge in [0.05, 0.1) is 33.1 Å². The summed E-state index contributed by atoms with van der Waals surface area (Å²) < 4.78 is 16.2. The summed E-state index contributed by atoms with van der Waals surface area (Å²) in [6, 6.07) is 12.5. The predicted molar refractivity (Wildman–Crippen MR) is 118 cm³/mol. The van der Waals surface area contributed by atoms with E-state index in [-0.39, 0.29) is 12.4 Å². The number of H-pyrrole nitrogens is 1. The van der Waals surface area contributed by atoms with Crippen molar-refractivity contribution in [2.24, 2.45) is 0 Å². The molecule has 0 bridgehead atoms. The van der Waals surface area contributed by atoms with Gasteiger partial charge in [0, 0.05) is 18.0 Å². The Kier molecular flexibility index (Phi) is 7.75. The van der Waals surface area contributed by atoms with Gasteiger partial charge in [-0.25, -0.2) is 5.10 Å². The van der Waals surface area contributed by atoms with Crippen LogP contribution in [0.3, 0.4) is 0 Å². The molecule has 0 saturated carbocycles. The molecular formula is C22H24ClN3O5. The molecule has 1 atom stereocenters. The third-order valence-electron chi connectivity index (χ3n) is 4.63. The number of nitrogens with zero attached hydrogens (tertiary/aromatic N) is 1. The summed E-state index contributed by atoms with van der Waals surface area (Å²) >= 11 is 5.87. The van der Waals surface area contributed by atoms with Gasteiger partial charge in [-0.1, -0.05) is 29.8 Å². The lowest BCUT2D eigenvalue weighted by Crippen LogP contribution is -2.17. The van der Waals surface area contributed by atoms with Crippen molar-refractivity contribution in [1.29, 1.82) is 0 Å². The second-order valence-corrected chi connectivity index (χ2v) is 7.13. The predicted octanol–water partition coefficient (Wildman–Crippen LogP) is 3.56. The highest BCUT2D eigenvalue weighted by atomic mass is 35.5. The van der Waals surface area contributed by atoms with Gasteiger partial charge in [0.1, 0.15) is 5.69 Å². The Labute approximate surface area is 184 Å². The van der Waals surface area contributed by atoms with Crippen molar-refractivity contribution in [1.82, 2.24) is 10.2 Å². The lowest BCUT2D eigenvalue weighted by Gasteiger charge is -2.15. The van der Waals surface area contributed by atoms with E-state index in [1.165, 1.54) is 6.20 Å². The van der Waals surface area contributed by atoms with Gasteiger partial charge in [0.25, 0.3) is 0 Å². The van der Waals surface area contributed by atoms with Crippen LogP contribution in [0.25, 0.3) is 0 Å². The zero-order valence-corrected chi connectivity index (χ0v) is 18.0. The van der Waals surface area contributed by atoms with E-state index in [4.69, 9.17) is 25.8 Å². The Morgan fingerprint density at radius 2 is 1.87 bits per heavy atom. The van der Waals surface area contributed by atoms with Gasteiger partial charge < -0.3 is 24.6 Å². The first-order valence-electron chi connectivity index (χ1n) is 9.60. The van der Waals surface area contributed by atoms with Gasteiger partial charge in [-0.05, 0) is 35.4 Å². The van der Waals surface area contributed by atoms with Gasteiger partial charge in [0.2, 0.25) is 5.75 Å². The van der Waals surface area contributed by atoms with Crippen LogP contribution < -0.4 is 25.1 Å². The largest absolute Gasteiger partial charge is 0.493 e. The number of benzene rings is 2. The van der Waals surface area contributed by atoms with Crippen LogP contribution in [0, 0.1) is 0 Å². The van der Waals surface area contributed by atoms with Gasteiger partial charge in [0.15, 0.2) is 11.5 Å². The van der Waals surface area contributed by atoms with Crippen molar-refractivity contribution in [3.63, 3.8) is 0 Å². The number of aromatic amines is 1. The SMILES string of the molecule is COc1ccc(CNc2cn[nH]c(=O)c2OCCC(O)c2ccc(Cl)cc2)cc1OC. The number of ether oxygens (including phenoxy) is 3. The van der Waals surface area contributed by atoms with Crippen LogP contribution in [0.15, 0.2) is 53.5 Å². The van der Waals surface area contributed by atoms with Crippen molar-refractivity contribution in [2.45, 2.75) is 19.1 Å². The lowest BCUT2D eigenvalue weighted by atomic mass is 10.1. The molecule has 3 N–H and O–H groups in total. The molecule has 2 aromatic carbocycles. The standard InChI is InChI=1S/C22H24ClN3O5/c1-29-19-8-3-14(11-20(19)30-2)12-24-17-13-25-26-22(28)21(17)31-10-9-18(27)15-4-6-16(23)7-5-15/h3-8,11,13,18,27H,9-10,12H2,1-2H3,(H2,24,26,28). The third-order valence-corrected chi connectivity index (χ3v) is 4.89. The molecule has 0 amide bonds. The average molecular weight is 446 g/mol. The fourth-order valence-corrected chi connectivity index (χ4v) is 3.09. The van der Waals surface area contributed by atoms with Crippen LogP contribution in [-0.2, 0) is 6.54 Å². The quantitative estimate of drug-likeness (QED) is 0.438. The second-order valence-electron chi connectivity index (χ2n) is 6.69. The highest BCUT2D eigenvalue weighted by molar-refractivity contribution is 6.30. The summed E-state index contributed by atoms with van der Waals surface area (Å²) in [5.74, 6) is 1.35. The van der Waals surface area contributed by atoms with Crippen LogP contribution in [0.5, 0.6) is 17.2 Å². The minimum absolute atomic E-state index is 0.110.